The van der Waals surface area contributed by atoms with Crippen LogP contribution in [0.25, 0.3) is 0 Å². The molecule has 0 radical (unpaired) electrons. The van der Waals surface area contributed by atoms with E-state index in [9.17, 15) is 9.18 Å². The van der Waals surface area contributed by atoms with E-state index in [1.54, 1.807) is 6.07 Å². The number of carboxylic acids is 1. The zero-order valence-corrected chi connectivity index (χ0v) is 8.59. The number of hydrogen-bond acceptors (Lipinski definition) is 1. The van der Waals surface area contributed by atoms with Gasteiger partial charge in [0, 0.05) is 5.41 Å². The molecule has 1 unspecified atom stereocenters. The standard InChI is InChI=1S/C12H13FO2/c1-12(7-11(14)15)5-4-8-6-9(13)2-3-10(8)12/h2-3,6H,4-5,7H2,1H3,(H,14,15). The van der Waals surface area contributed by atoms with E-state index in [0.717, 1.165) is 24.0 Å². The van der Waals surface area contributed by atoms with Crippen LogP contribution in [0.5, 0.6) is 0 Å². The number of carbonyl (C=O) groups is 1. The fourth-order valence-corrected chi connectivity index (χ4v) is 2.42. The quantitative estimate of drug-likeness (QED) is 0.810. The molecule has 0 saturated carbocycles. The molecule has 0 bridgehead atoms. The van der Waals surface area contributed by atoms with Gasteiger partial charge in [0.15, 0.2) is 0 Å². The lowest BCUT2D eigenvalue weighted by Gasteiger charge is -2.22. The molecule has 0 fully saturated rings. The Balaban J connectivity index is 2.39. The van der Waals surface area contributed by atoms with Crippen molar-refractivity contribution in [3.8, 4) is 0 Å². The molecular formula is C12H13FO2. The van der Waals surface area contributed by atoms with Crippen LogP contribution in [0.4, 0.5) is 4.39 Å². The largest absolute Gasteiger partial charge is 0.481 e. The smallest absolute Gasteiger partial charge is 0.304 e. The summed E-state index contributed by atoms with van der Waals surface area (Å²) in [4.78, 5) is 10.8. The van der Waals surface area contributed by atoms with E-state index < -0.39 is 5.97 Å². The molecule has 0 heterocycles. The first kappa shape index (κ1) is 10.1. The van der Waals surface area contributed by atoms with E-state index in [4.69, 9.17) is 5.11 Å². The molecule has 1 atom stereocenters. The molecule has 1 aromatic rings. The highest BCUT2D eigenvalue weighted by Gasteiger charge is 2.36. The monoisotopic (exact) mass is 208 g/mol. The molecule has 1 N–H and O–H groups in total. The average Bonchev–Trinajstić information content (AvgIpc) is 2.42. The minimum atomic E-state index is -0.797. The van der Waals surface area contributed by atoms with Crippen LogP contribution in [0, 0.1) is 5.82 Å². The van der Waals surface area contributed by atoms with E-state index in [1.165, 1.54) is 12.1 Å². The normalized spacial score (nSPS) is 23.9. The lowest BCUT2D eigenvalue weighted by atomic mass is 9.81. The number of hydrogen-bond donors (Lipinski definition) is 1. The second-order valence-electron chi connectivity index (χ2n) is 4.43. The van der Waals surface area contributed by atoms with Gasteiger partial charge in [-0.1, -0.05) is 13.0 Å². The summed E-state index contributed by atoms with van der Waals surface area (Å²) in [6, 6.07) is 4.65. The predicted molar refractivity (Wildman–Crippen MR) is 54.3 cm³/mol. The number of rotatable bonds is 2. The maximum atomic E-state index is 13.0. The summed E-state index contributed by atoms with van der Waals surface area (Å²) in [6.45, 7) is 1.94. The minimum Gasteiger partial charge on any atom is -0.481 e. The van der Waals surface area contributed by atoms with Crippen LogP contribution in [0.15, 0.2) is 18.2 Å². The van der Waals surface area contributed by atoms with Gasteiger partial charge in [-0.25, -0.2) is 4.39 Å². The Morgan fingerprint density at radius 2 is 2.33 bits per heavy atom. The van der Waals surface area contributed by atoms with Crippen LogP contribution < -0.4 is 0 Å². The molecule has 2 nitrogen and oxygen atoms in total. The van der Waals surface area contributed by atoms with Crippen LogP contribution >= 0.6 is 0 Å². The van der Waals surface area contributed by atoms with Crippen molar-refractivity contribution in [2.24, 2.45) is 0 Å². The van der Waals surface area contributed by atoms with Crippen LogP contribution in [0.3, 0.4) is 0 Å². The molecule has 3 heteroatoms. The van der Waals surface area contributed by atoms with Crippen molar-refractivity contribution in [2.75, 3.05) is 0 Å². The molecule has 80 valence electrons. The molecule has 0 amide bonds. The third-order valence-electron chi connectivity index (χ3n) is 3.21. The Kier molecular flexibility index (Phi) is 2.25. The van der Waals surface area contributed by atoms with Gasteiger partial charge in [0.05, 0.1) is 6.42 Å². The highest BCUT2D eigenvalue weighted by Crippen LogP contribution is 2.41. The highest BCUT2D eigenvalue weighted by molar-refractivity contribution is 5.69. The topological polar surface area (TPSA) is 37.3 Å². The first-order chi connectivity index (χ1) is 7.01. The van der Waals surface area contributed by atoms with Crippen molar-refractivity contribution in [1.29, 1.82) is 0 Å². The Labute approximate surface area is 87.7 Å². The van der Waals surface area contributed by atoms with E-state index in [2.05, 4.69) is 0 Å². The van der Waals surface area contributed by atoms with Gasteiger partial charge >= 0.3 is 5.97 Å². The van der Waals surface area contributed by atoms with Gasteiger partial charge in [0.2, 0.25) is 0 Å². The Morgan fingerprint density at radius 1 is 1.60 bits per heavy atom. The molecule has 1 aliphatic rings. The number of carboxylic acid groups (broad SMARTS) is 1. The van der Waals surface area contributed by atoms with E-state index >= 15 is 0 Å². The third-order valence-corrected chi connectivity index (χ3v) is 3.21. The molecular weight excluding hydrogens is 195 g/mol. The van der Waals surface area contributed by atoms with Gasteiger partial charge in [0.25, 0.3) is 0 Å². The highest BCUT2D eigenvalue weighted by atomic mass is 19.1. The van der Waals surface area contributed by atoms with Gasteiger partial charge in [0.1, 0.15) is 5.82 Å². The molecule has 0 spiro atoms. The maximum absolute atomic E-state index is 13.0. The van der Waals surface area contributed by atoms with Crippen LogP contribution in [0.2, 0.25) is 0 Å². The van der Waals surface area contributed by atoms with Crippen LogP contribution in [-0.2, 0) is 16.6 Å². The first-order valence-electron chi connectivity index (χ1n) is 5.02. The Bertz CT molecular complexity index is 414. The average molecular weight is 208 g/mol. The van der Waals surface area contributed by atoms with E-state index in [1.807, 2.05) is 6.92 Å². The van der Waals surface area contributed by atoms with Crippen molar-refractivity contribution in [1.82, 2.24) is 0 Å². The summed E-state index contributed by atoms with van der Waals surface area (Å²) in [6.07, 6.45) is 1.68. The number of fused-ring (bicyclic) bond motifs is 1. The zero-order valence-electron chi connectivity index (χ0n) is 8.59. The number of aryl methyl sites for hydroxylation is 1. The number of halogens is 1. The Morgan fingerprint density at radius 3 is 3.00 bits per heavy atom. The first-order valence-corrected chi connectivity index (χ1v) is 5.02. The third kappa shape index (κ3) is 1.74. The van der Waals surface area contributed by atoms with Crippen molar-refractivity contribution < 1.29 is 14.3 Å². The van der Waals surface area contributed by atoms with E-state index in [0.29, 0.717) is 0 Å². The summed E-state index contributed by atoms with van der Waals surface area (Å²) in [5.41, 5.74) is 1.62. The summed E-state index contributed by atoms with van der Waals surface area (Å²) < 4.78 is 13.0. The second kappa shape index (κ2) is 3.33. The molecule has 1 aliphatic carbocycles. The fraction of sp³-hybridized carbons (Fsp3) is 0.417. The summed E-state index contributed by atoms with van der Waals surface area (Å²) in [7, 11) is 0. The van der Waals surface area contributed by atoms with E-state index in [-0.39, 0.29) is 17.7 Å². The summed E-state index contributed by atoms with van der Waals surface area (Å²) in [5, 5.41) is 8.85. The van der Waals surface area contributed by atoms with Gasteiger partial charge in [-0.3, -0.25) is 4.79 Å². The van der Waals surface area contributed by atoms with Gasteiger partial charge < -0.3 is 5.11 Å². The fourth-order valence-electron chi connectivity index (χ4n) is 2.42. The Hall–Kier alpha value is -1.38. The number of benzene rings is 1. The van der Waals surface area contributed by atoms with Crippen molar-refractivity contribution in [2.45, 2.75) is 31.6 Å². The van der Waals surface area contributed by atoms with Crippen molar-refractivity contribution in [3.63, 3.8) is 0 Å². The van der Waals surface area contributed by atoms with Crippen molar-refractivity contribution >= 4 is 5.97 Å². The molecule has 2 rings (SSSR count). The number of aliphatic carboxylic acids is 1. The van der Waals surface area contributed by atoms with Crippen LogP contribution in [-0.4, -0.2) is 11.1 Å². The van der Waals surface area contributed by atoms with Crippen molar-refractivity contribution in [3.05, 3.63) is 35.1 Å². The zero-order chi connectivity index (χ0) is 11.1. The maximum Gasteiger partial charge on any atom is 0.304 e. The summed E-state index contributed by atoms with van der Waals surface area (Å²) >= 11 is 0. The lowest BCUT2D eigenvalue weighted by molar-refractivity contribution is -0.138. The second-order valence-corrected chi connectivity index (χ2v) is 4.43. The van der Waals surface area contributed by atoms with Gasteiger partial charge in [-0.05, 0) is 36.1 Å². The SMILES string of the molecule is CC1(CC(=O)O)CCc2cc(F)ccc21. The predicted octanol–water partition coefficient (Wildman–Crippen LogP) is 2.50. The summed E-state index contributed by atoms with van der Waals surface area (Å²) in [5.74, 6) is -1.04. The molecule has 0 aliphatic heterocycles. The minimum absolute atomic E-state index is 0.117. The van der Waals surface area contributed by atoms with Crippen LogP contribution in [0.1, 0.15) is 30.9 Å². The molecule has 0 saturated heterocycles. The lowest BCUT2D eigenvalue weighted by Crippen LogP contribution is -2.22. The molecule has 0 aromatic heterocycles. The van der Waals surface area contributed by atoms with Gasteiger partial charge in [-0.2, -0.15) is 0 Å². The van der Waals surface area contributed by atoms with Gasteiger partial charge in [-0.15, -0.1) is 0 Å². The molecule has 1 aromatic carbocycles. The molecule has 15 heavy (non-hydrogen) atoms.